The zero-order valence-electron chi connectivity index (χ0n) is 7.34. The van der Waals surface area contributed by atoms with E-state index >= 15 is 0 Å². The van der Waals surface area contributed by atoms with Gasteiger partial charge in [0.15, 0.2) is 0 Å². The monoisotopic (exact) mass is 428 g/mol. The molecule has 0 amide bonds. The van der Waals surface area contributed by atoms with Gasteiger partial charge in [-0.25, -0.2) is 0 Å². The molecule has 0 N–H and O–H groups in total. The number of benzene rings is 1. The Morgan fingerprint density at radius 2 is 1.00 bits per heavy atom. The summed E-state index contributed by atoms with van der Waals surface area (Å²) in [6.45, 7) is 0. The van der Waals surface area contributed by atoms with Gasteiger partial charge in [0.25, 0.3) is 0 Å². The average Bonchev–Trinajstić information content (AvgIpc) is 2.22. The van der Waals surface area contributed by atoms with E-state index in [2.05, 4.69) is 0 Å². The van der Waals surface area contributed by atoms with Gasteiger partial charge in [-0.1, -0.05) is 104 Å². The minimum absolute atomic E-state index is 0.0894. The van der Waals surface area contributed by atoms with Crippen molar-refractivity contribution in [3.8, 4) is 0 Å². The van der Waals surface area contributed by atoms with Gasteiger partial charge in [-0.05, 0) is 10.8 Å². The molecule has 0 atom stereocenters. The smallest absolute Gasteiger partial charge is 0.0813 e. The van der Waals surface area contributed by atoms with Crippen molar-refractivity contribution < 1.29 is 0 Å². The lowest BCUT2D eigenvalue weighted by molar-refractivity contribution is 1.47. The van der Waals surface area contributed by atoms with Crippen LogP contribution in [-0.2, 0) is 0 Å². The first-order valence-corrected chi connectivity index (χ1v) is 8.76. The van der Waals surface area contributed by atoms with Crippen LogP contribution in [0.25, 0.3) is 0 Å². The van der Waals surface area contributed by atoms with Crippen molar-refractivity contribution in [2.45, 2.75) is 8.02 Å². The molecule has 0 aromatic heterocycles. The summed E-state index contributed by atoms with van der Waals surface area (Å²) >= 11 is 46.3. The fourth-order valence-corrected chi connectivity index (χ4v) is 4.92. The summed E-state index contributed by atoms with van der Waals surface area (Å²) in [5.74, 6) is 0. The fraction of sp³-hybridized carbons (Fsp3) is 0.143. The van der Waals surface area contributed by atoms with Crippen molar-refractivity contribution in [2.75, 3.05) is 0 Å². The highest BCUT2D eigenvalue weighted by Crippen LogP contribution is 2.55. The van der Waals surface area contributed by atoms with Crippen molar-refractivity contribution in [1.29, 1.82) is 0 Å². The summed E-state index contributed by atoms with van der Waals surface area (Å²) in [4.78, 5) is 0.393. The lowest BCUT2D eigenvalue weighted by Gasteiger charge is -2.13. The van der Waals surface area contributed by atoms with Crippen LogP contribution in [0.5, 0.6) is 0 Å². The second kappa shape index (κ2) is 6.80. The Bertz CT molecular complexity index is 411. The van der Waals surface area contributed by atoms with E-state index in [1.165, 1.54) is 0 Å². The molecule has 0 saturated heterocycles. The summed E-state index contributed by atoms with van der Waals surface area (Å²) in [7, 11) is 1.97. The Morgan fingerprint density at radius 3 is 1.35 bits per heavy atom. The van der Waals surface area contributed by atoms with Gasteiger partial charge >= 0.3 is 0 Å². The largest absolute Gasteiger partial charge is 0.247 e. The molecule has 0 aliphatic carbocycles. The second-order valence-corrected chi connectivity index (χ2v) is 9.71. The van der Waals surface area contributed by atoms with Gasteiger partial charge in [0.05, 0.1) is 30.0 Å². The van der Waals surface area contributed by atoms with Gasteiger partial charge < -0.3 is 0 Å². The van der Waals surface area contributed by atoms with E-state index in [0.717, 1.165) is 21.6 Å². The Hall–Kier alpha value is 2.24. The van der Waals surface area contributed by atoms with E-state index in [1.54, 1.807) is 0 Å². The van der Waals surface area contributed by atoms with Gasteiger partial charge in [-0.2, -0.15) is 0 Å². The molecule has 0 radical (unpaired) electrons. The summed E-state index contributed by atoms with van der Waals surface area (Å²) in [6.07, 6.45) is 0. The standard InChI is InChI=1S/C7Cl8S2/c8-1-2(9)4(11)6(5(12)3(1)10)16-17-7(13,14)15. The maximum Gasteiger partial charge on any atom is 0.247 e. The molecule has 0 fully saturated rings. The molecule has 17 heavy (non-hydrogen) atoms. The Labute approximate surface area is 146 Å². The number of rotatable bonds is 2. The molecule has 0 unspecified atom stereocenters. The van der Waals surface area contributed by atoms with Crippen LogP contribution >= 0.6 is 114 Å². The van der Waals surface area contributed by atoms with Crippen LogP contribution in [0.2, 0.25) is 25.1 Å². The fourth-order valence-electron chi connectivity index (χ4n) is 0.747. The third-order valence-electron chi connectivity index (χ3n) is 1.39. The van der Waals surface area contributed by atoms with Gasteiger partial charge in [0.2, 0.25) is 3.12 Å². The molecule has 0 aliphatic rings. The molecule has 0 aliphatic heterocycles. The summed E-state index contributed by atoms with van der Waals surface area (Å²) in [5.41, 5.74) is 0. The average molecular weight is 432 g/mol. The number of hydrogen-bond acceptors (Lipinski definition) is 2. The van der Waals surface area contributed by atoms with Gasteiger partial charge in [-0.15, -0.1) is 0 Å². The van der Waals surface area contributed by atoms with Gasteiger partial charge in [0, 0.05) is 0 Å². The normalized spacial score (nSPS) is 12.0. The minimum Gasteiger partial charge on any atom is -0.0813 e. The molecule has 0 saturated carbocycles. The third kappa shape index (κ3) is 4.63. The highest BCUT2D eigenvalue weighted by atomic mass is 35.6. The zero-order valence-corrected chi connectivity index (χ0v) is 15.0. The first-order chi connectivity index (χ1) is 7.65. The van der Waals surface area contributed by atoms with E-state index in [9.17, 15) is 0 Å². The first kappa shape index (κ1) is 17.3. The highest BCUT2D eigenvalue weighted by molar-refractivity contribution is 8.78. The predicted molar refractivity (Wildman–Crippen MR) is 85.2 cm³/mol. The lowest BCUT2D eigenvalue weighted by Crippen LogP contribution is -1.90. The Morgan fingerprint density at radius 1 is 0.647 bits per heavy atom. The van der Waals surface area contributed by atoms with Crippen molar-refractivity contribution in [3.05, 3.63) is 25.1 Å². The lowest BCUT2D eigenvalue weighted by atomic mass is 10.3. The van der Waals surface area contributed by atoms with Crippen LogP contribution in [0.15, 0.2) is 4.90 Å². The van der Waals surface area contributed by atoms with Crippen LogP contribution in [-0.4, -0.2) is 3.12 Å². The molecule has 96 valence electrons. The second-order valence-electron chi connectivity index (χ2n) is 2.51. The molecular formula is C7Cl8S2. The molecule has 1 aromatic rings. The molecule has 1 rings (SSSR count). The van der Waals surface area contributed by atoms with E-state index in [-0.39, 0.29) is 25.1 Å². The molecule has 0 bridgehead atoms. The van der Waals surface area contributed by atoms with E-state index in [0.29, 0.717) is 4.90 Å². The van der Waals surface area contributed by atoms with Crippen molar-refractivity contribution in [2.24, 2.45) is 0 Å². The predicted octanol–water partition coefficient (Wildman–Crippen LogP) is 8.02. The summed E-state index contributed by atoms with van der Waals surface area (Å²) in [6, 6.07) is 0. The topological polar surface area (TPSA) is 0 Å². The number of halogens is 8. The van der Waals surface area contributed by atoms with E-state index < -0.39 is 3.12 Å². The van der Waals surface area contributed by atoms with Crippen molar-refractivity contribution in [1.82, 2.24) is 0 Å². The SMILES string of the molecule is Clc1c(Cl)c(Cl)c(SSC(Cl)(Cl)Cl)c(Cl)c1Cl. The van der Waals surface area contributed by atoms with Gasteiger partial charge in [-0.3, -0.25) is 0 Å². The van der Waals surface area contributed by atoms with Crippen LogP contribution in [0, 0.1) is 0 Å². The van der Waals surface area contributed by atoms with Crippen molar-refractivity contribution in [3.63, 3.8) is 0 Å². The molecule has 10 heteroatoms. The van der Waals surface area contributed by atoms with E-state index in [4.69, 9.17) is 92.8 Å². The minimum atomic E-state index is -1.52. The maximum atomic E-state index is 5.98. The number of hydrogen-bond donors (Lipinski definition) is 0. The summed E-state index contributed by atoms with van der Waals surface area (Å²) in [5, 5.41) is 0.632. The quantitative estimate of drug-likeness (QED) is 0.201. The molecular weight excluding hydrogens is 432 g/mol. The molecule has 0 nitrogen and oxygen atoms in total. The summed E-state index contributed by atoms with van der Waals surface area (Å²) < 4.78 is -1.52. The van der Waals surface area contributed by atoms with E-state index in [1.807, 2.05) is 0 Å². The molecule has 0 heterocycles. The van der Waals surface area contributed by atoms with Crippen LogP contribution in [0.4, 0.5) is 0 Å². The molecule has 1 aromatic carbocycles. The van der Waals surface area contributed by atoms with Crippen LogP contribution in [0.3, 0.4) is 0 Å². The Balaban J connectivity index is 3.16. The zero-order chi connectivity index (χ0) is 13.4. The van der Waals surface area contributed by atoms with Gasteiger partial charge in [0.1, 0.15) is 0 Å². The highest BCUT2D eigenvalue weighted by Gasteiger charge is 2.25. The van der Waals surface area contributed by atoms with Crippen LogP contribution < -0.4 is 0 Å². The maximum absolute atomic E-state index is 5.98. The Kier molecular flexibility index (Phi) is 6.91. The first-order valence-electron chi connectivity index (χ1n) is 3.59. The van der Waals surface area contributed by atoms with Crippen molar-refractivity contribution >= 4 is 114 Å². The molecule has 0 spiro atoms. The number of alkyl halides is 3. The van der Waals surface area contributed by atoms with Crippen LogP contribution in [0.1, 0.15) is 0 Å². The third-order valence-corrected chi connectivity index (χ3v) is 7.75.